The number of nitrogens with zero attached hydrogens (tertiary/aromatic N) is 1. The van der Waals surface area contributed by atoms with Gasteiger partial charge in [0.25, 0.3) is 0 Å². The van der Waals surface area contributed by atoms with E-state index in [9.17, 15) is 0 Å². The molecule has 1 saturated carbocycles. The van der Waals surface area contributed by atoms with Crippen molar-refractivity contribution in [1.29, 1.82) is 0 Å². The molecule has 0 heterocycles. The molecule has 2 unspecified atom stereocenters. The molecule has 4 nitrogen and oxygen atoms in total. The van der Waals surface area contributed by atoms with Crippen LogP contribution in [0.2, 0.25) is 0 Å². The second kappa shape index (κ2) is 8.93. The molecule has 0 saturated heterocycles. The number of benzene rings is 1. The lowest BCUT2D eigenvalue weighted by Crippen LogP contribution is -2.43. The first kappa shape index (κ1) is 17.0. The molecule has 0 amide bonds. The Bertz CT molecular complexity index is 493. The maximum atomic E-state index is 5.74. The molecule has 0 aromatic heterocycles. The van der Waals surface area contributed by atoms with E-state index in [1.807, 2.05) is 37.0 Å². The standard InChI is InChI=1S/C17H27N3OS/c1-13-5-4-6-15(11-13)21-10-9-19-17(18-2)20-14-7-8-16(12-14)22-3/h4-6,11,14,16H,7-10,12H2,1-3H3,(H2,18,19,20). The van der Waals surface area contributed by atoms with E-state index < -0.39 is 0 Å². The average Bonchev–Trinajstić information content (AvgIpc) is 2.98. The highest BCUT2D eigenvalue weighted by Crippen LogP contribution is 2.27. The summed E-state index contributed by atoms with van der Waals surface area (Å²) in [5.41, 5.74) is 1.22. The van der Waals surface area contributed by atoms with Crippen molar-refractivity contribution >= 4 is 17.7 Å². The fourth-order valence-corrected chi connectivity index (χ4v) is 3.51. The van der Waals surface area contributed by atoms with Gasteiger partial charge in [0.2, 0.25) is 0 Å². The van der Waals surface area contributed by atoms with Crippen LogP contribution < -0.4 is 15.4 Å². The smallest absolute Gasteiger partial charge is 0.191 e. The van der Waals surface area contributed by atoms with Crippen LogP contribution in [0.5, 0.6) is 5.75 Å². The molecule has 1 aromatic rings. The lowest BCUT2D eigenvalue weighted by molar-refractivity contribution is 0.321. The van der Waals surface area contributed by atoms with Gasteiger partial charge in [-0.2, -0.15) is 11.8 Å². The van der Waals surface area contributed by atoms with Crippen LogP contribution in [0.4, 0.5) is 0 Å². The molecule has 1 aliphatic rings. The van der Waals surface area contributed by atoms with Gasteiger partial charge in [0.05, 0.1) is 6.54 Å². The van der Waals surface area contributed by atoms with Gasteiger partial charge in [-0.1, -0.05) is 12.1 Å². The maximum Gasteiger partial charge on any atom is 0.191 e. The fourth-order valence-electron chi connectivity index (χ4n) is 2.72. The van der Waals surface area contributed by atoms with Gasteiger partial charge in [0.1, 0.15) is 12.4 Å². The molecule has 2 rings (SSSR count). The van der Waals surface area contributed by atoms with Crippen molar-refractivity contribution in [2.75, 3.05) is 26.5 Å². The molecule has 0 radical (unpaired) electrons. The lowest BCUT2D eigenvalue weighted by atomic mass is 10.2. The molecule has 5 heteroatoms. The number of rotatable bonds is 6. The first-order valence-electron chi connectivity index (χ1n) is 7.90. The molecule has 0 spiro atoms. The Morgan fingerprint density at radius 3 is 2.95 bits per heavy atom. The minimum atomic E-state index is 0.543. The van der Waals surface area contributed by atoms with E-state index in [4.69, 9.17) is 4.74 Å². The van der Waals surface area contributed by atoms with Crippen molar-refractivity contribution in [3.05, 3.63) is 29.8 Å². The summed E-state index contributed by atoms with van der Waals surface area (Å²) in [6.07, 6.45) is 5.95. The van der Waals surface area contributed by atoms with Gasteiger partial charge in [-0.05, 0) is 50.1 Å². The molecule has 1 aliphatic carbocycles. The summed E-state index contributed by atoms with van der Waals surface area (Å²) in [4.78, 5) is 4.29. The van der Waals surface area contributed by atoms with E-state index in [1.165, 1.54) is 24.8 Å². The van der Waals surface area contributed by atoms with Gasteiger partial charge in [-0.15, -0.1) is 0 Å². The van der Waals surface area contributed by atoms with Crippen LogP contribution in [-0.2, 0) is 0 Å². The minimum Gasteiger partial charge on any atom is -0.492 e. The second-order valence-electron chi connectivity index (χ2n) is 5.68. The van der Waals surface area contributed by atoms with Crippen molar-refractivity contribution in [3.8, 4) is 5.75 Å². The Labute approximate surface area is 138 Å². The van der Waals surface area contributed by atoms with E-state index in [-0.39, 0.29) is 0 Å². The molecular weight excluding hydrogens is 294 g/mol. The number of guanidine groups is 1. The summed E-state index contributed by atoms with van der Waals surface area (Å²) < 4.78 is 5.74. The third kappa shape index (κ3) is 5.44. The number of hydrogen-bond acceptors (Lipinski definition) is 3. The lowest BCUT2D eigenvalue weighted by Gasteiger charge is -2.17. The van der Waals surface area contributed by atoms with Crippen LogP contribution in [0, 0.1) is 6.92 Å². The third-order valence-electron chi connectivity index (χ3n) is 3.94. The molecular formula is C17H27N3OS. The average molecular weight is 321 g/mol. The van der Waals surface area contributed by atoms with E-state index in [1.54, 1.807) is 0 Å². The Hall–Kier alpha value is -1.36. The Morgan fingerprint density at radius 2 is 2.27 bits per heavy atom. The predicted molar refractivity (Wildman–Crippen MR) is 96.1 cm³/mol. The summed E-state index contributed by atoms with van der Waals surface area (Å²) in [5, 5.41) is 7.62. The number of hydrogen-bond donors (Lipinski definition) is 2. The van der Waals surface area contributed by atoms with Gasteiger partial charge < -0.3 is 15.4 Å². The molecule has 22 heavy (non-hydrogen) atoms. The van der Waals surface area contributed by atoms with Crippen LogP contribution in [0.15, 0.2) is 29.3 Å². The van der Waals surface area contributed by atoms with E-state index >= 15 is 0 Å². The van der Waals surface area contributed by atoms with Gasteiger partial charge in [-0.25, -0.2) is 0 Å². The highest BCUT2D eigenvalue weighted by atomic mass is 32.2. The van der Waals surface area contributed by atoms with Crippen molar-refractivity contribution < 1.29 is 4.74 Å². The van der Waals surface area contributed by atoms with E-state index in [0.717, 1.165) is 23.5 Å². The number of thioether (sulfide) groups is 1. The molecule has 1 fully saturated rings. The molecule has 2 N–H and O–H groups in total. The first-order chi connectivity index (χ1) is 10.7. The number of aryl methyl sites for hydroxylation is 1. The highest BCUT2D eigenvalue weighted by molar-refractivity contribution is 7.99. The third-order valence-corrected chi connectivity index (χ3v) is 5.03. The summed E-state index contributed by atoms with van der Waals surface area (Å²) in [6, 6.07) is 8.66. The maximum absolute atomic E-state index is 5.74. The van der Waals surface area contributed by atoms with Crippen molar-refractivity contribution in [3.63, 3.8) is 0 Å². The zero-order valence-corrected chi connectivity index (χ0v) is 14.6. The van der Waals surface area contributed by atoms with E-state index in [2.05, 4.69) is 34.9 Å². The molecule has 1 aromatic carbocycles. The predicted octanol–water partition coefficient (Wildman–Crippen LogP) is 2.82. The highest BCUT2D eigenvalue weighted by Gasteiger charge is 2.24. The zero-order chi connectivity index (χ0) is 15.8. The quantitative estimate of drug-likeness (QED) is 0.480. The zero-order valence-electron chi connectivity index (χ0n) is 13.8. The summed E-state index contributed by atoms with van der Waals surface area (Å²) >= 11 is 1.97. The SMILES string of the molecule is CN=C(NCCOc1cccc(C)c1)NC1CCC(SC)C1. The largest absolute Gasteiger partial charge is 0.492 e. The topological polar surface area (TPSA) is 45.7 Å². The van der Waals surface area contributed by atoms with Gasteiger partial charge in [0, 0.05) is 18.3 Å². The number of aliphatic imine (C=N–C) groups is 1. The van der Waals surface area contributed by atoms with Gasteiger partial charge >= 0.3 is 0 Å². The van der Waals surface area contributed by atoms with Crippen LogP contribution in [-0.4, -0.2) is 43.7 Å². The molecule has 2 atom stereocenters. The monoisotopic (exact) mass is 321 g/mol. The Kier molecular flexibility index (Phi) is 6.90. The Balaban J connectivity index is 1.66. The van der Waals surface area contributed by atoms with Gasteiger partial charge in [-0.3, -0.25) is 4.99 Å². The molecule has 0 bridgehead atoms. The summed E-state index contributed by atoms with van der Waals surface area (Å²) in [5.74, 6) is 1.79. The Morgan fingerprint density at radius 1 is 1.41 bits per heavy atom. The second-order valence-corrected chi connectivity index (χ2v) is 6.81. The van der Waals surface area contributed by atoms with E-state index in [0.29, 0.717) is 12.6 Å². The fraction of sp³-hybridized carbons (Fsp3) is 0.588. The first-order valence-corrected chi connectivity index (χ1v) is 9.19. The van der Waals surface area contributed by atoms with Crippen molar-refractivity contribution in [2.45, 2.75) is 37.5 Å². The van der Waals surface area contributed by atoms with Crippen LogP contribution in [0.3, 0.4) is 0 Å². The van der Waals surface area contributed by atoms with Crippen LogP contribution >= 0.6 is 11.8 Å². The van der Waals surface area contributed by atoms with Gasteiger partial charge in [0.15, 0.2) is 5.96 Å². The van der Waals surface area contributed by atoms with Crippen LogP contribution in [0.1, 0.15) is 24.8 Å². The summed E-state index contributed by atoms with van der Waals surface area (Å²) in [6.45, 7) is 3.44. The van der Waals surface area contributed by atoms with Crippen molar-refractivity contribution in [1.82, 2.24) is 10.6 Å². The molecule has 0 aliphatic heterocycles. The normalized spacial score (nSPS) is 21.7. The van der Waals surface area contributed by atoms with Crippen LogP contribution in [0.25, 0.3) is 0 Å². The van der Waals surface area contributed by atoms with Crippen molar-refractivity contribution in [2.24, 2.45) is 4.99 Å². The summed E-state index contributed by atoms with van der Waals surface area (Å²) in [7, 11) is 1.82. The molecule has 122 valence electrons. The number of nitrogens with one attached hydrogen (secondary N) is 2. The number of ether oxygens (including phenoxy) is 1. The minimum absolute atomic E-state index is 0.543.